The molecule has 11 heteroatoms. The lowest BCUT2D eigenvalue weighted by Crippen LogP contribution is -2.47. The first kappa shape index (κ1) is 23.9. The van der Waals surface area contributed by atoms with Gasteiger partial charge >= 0.3 is 6.18 Å². The number of nitrogens with zero attached hydrogens (tertiary/aromatic N) is 2. The van der Waals surface area contributed by atoms with Gasteiger partial charge in [0.2, 0.25) is 5.82 Å². The Morgan fingerprint density at radius 2 is 1.97 bits per heavy atom. The zero-order valence-corrected chi connectivity index (χ0v) is 18.7. The summed E-state index contributed by atoms with van der Waals surface area (Å²) in [6.07, 6.45) is -3.27. The fourth-order valence-corrected chi connectivity index (χ4v) is 4.47. The van der Waals surface area contributed by atoms with Crippen molar-refractivity contribution in [1.82, 2.24) is 9.38 Å². The Labute approximate surface area is 191 Å². The first-order chi connectivity index (χ1) is 15.9. The summed E-state index contributed by atoms with van der Waals surface area (Å²) < 4.78 is 82.4. The van der Waals surface area contributed by atoms with Crippen LogP contribution in [0.2, 0.25) is 0 Å². The first-order valence-corrected chi connectivity index (χ1v) is 10.4. The number of pyridine rings is 1. The van der Waals surface area contributed by atoms with Crippen LogP contribution in [0.5, 0.6) is 5.75 Å². The van der Waals surface area contributed by atoms with Crippen molar-refractivity contribution < 1.29 is 36.2 Å². The van der Waals surface area contributed by atoms with Crippen LogP contribution in [-0.2, 0) is 9.53 Å². The van der Waals surface area contributed by atoms with Crippen LogP contribution >= 0.6 is 0 Å². The van der Waals surface area contributed by atoms with Crippen LogP contribution in [0.3, 0.4) is 0 Å². The quantitative estimate of drug-likeness (QED) is 0.530. The molecule has 6 nitrogen and oxygen atoms in total. The molecule has 2 aromatic heterocycles. The monoisotopic (exact) mass is 483 g/mol. The number of ether oxygens (including phenoxy) is 2. The minimum absolute atomic E-state index is 0.0936. The molecule has 182 valence electrons. The summed E-state index contributed by atoms with van der Waals surface area (Å²) in [7, 11) is 1.07. The minimum atomic E-state index is -4.83. The van der Waals surface area contributed by atoms with Crippen molar-refractivity contribution in [3.05, 3.63) is 59.7 Å². The summed E-state index contributed by atoms with van der Waals surface area (Å²) in [5.74, 6) is -5.91. The Bertz CT molecular complexity index is 1260. The zero-order chi connectivity index (χ0) is 25.0. The van der Waals surface area contributed by atoms with Crippen LogP contribution in [0.25, 0.3) is 5.52 Å². The van der Waals surface area contributed by atoms with E-state index in [1.165, 1.54) is 6.92 Å². The predicted octanol–water partition coefficient (Wildman–Crippen LogP) is 5.01. The van der Waals surface area contributed by atoms with Crippen LogP contribution in [0, 0.1) is 24.5 Å². The highest BCUT2D eigenvalue weighted by molar-refractivity contribution is 5.95. The number of fused-ring (bicyclic) bond motifs is 1. The minimum Gasteiger partial charge on any atom is -0.493 e. The molecular weight excluding hydrogens is 461 g/mol. The van der Waals surface area contributed by atoms with E-state index < -0.39 is 53.0 Å². The molecule has 4 rings (SSSR count). The number of carbonyl (C=O) groups is 1. The number of halogens is 5. The molecule has 1 N–H and O–H groups in total. The Balaban J connectivity index is 1.76. The molecule has 1 aliphatic heterocycles. The van der Waals surface area contributed by atoms with Gasteiger partial charge in [-0.3, -0.25) is 4.79 Å². The third-order valence-electron chi connectivity index (χ3n) is 6.56. The summed E-state index contributed by atoms with van der Waals surface area (Å²) >= 11 is 0. The lowest BCUT2D eigenvalue weighted by Gasteiger charge is -2.32. The number of benzene rings is 1. The molecule has 0 saturated carbocycles. The molecular formula is C23H22F5N3O3. The highest BCUT2D eigenvalue weighted by Gasteiger charge is 2.65. The number of hydrogen-bond donors (Lipinski definition) is 1. The van der Waals surface area contributed by atoms with E-state index in [-0.39, 0.29) is 5.56 Å². The van der Waals surface area contributed by atoms with Crippen molar-refractivity contribution in [1.29, 1.82) is 0 Å². The van der Waals surface area contributed by atoms with Gasteiger partial charge in [0.05, 0.1) is 18.8 Å². The topological polar surface area (TPSA) is 64.9 Å². The molecule has 0 spiro atoms. The highest BCUT2D eigenvalue weighted by Crippen LogP contribution is 2.55. The van der Waals surface area contributed by atoms with Gasteiger partial charge in [0.15, 0.2) is 17.2 Å². The van der Waals surface area contributed by atoms with Gasteiger partial charge in [0.1, 0.15) is 11.9 Å². The maximum Gasteiger partial charge on any atom is 0.417 e. The molecule has 3 heterocycles. The van der Waals surface area contributed by atoms with Crippen LogP contribution in [-0.4, -0.2) is 40.3 Å². The molecule has 0 bridgehead atoms. The van der Waals surface area contributed by atoms with E-state index in [2.05, 4.69) is 10.3 Å². The predicted molar refractivity (Wildman–Crippen MR) is 113 cm³/mol. The molecule has 1 fully saturated rings. The van der Waals surface area contributed by atoms with Gasteiger partial charge < -0.3 is 19.2 Å². The van der Waals surface area contributed by atoms with Gasteiger partial charge in [0, 0.05) is 29.3 Å². The Morgan fingerprint density at radius 3 is 2.62 bits per heavy atom. The van der Waals surface area contributed by atoms with Crippen molar-refractivity contribution >= 4 is 17.1 Å². The number of aromatic nitrogens is 2. The third-order valence-corrected chi connectivity index (χ3v) is 6.56. The summed E-state index contributed by atoms with van der Waals surface area (Å²) in [4.78, 5) is 17.4. The van der Waals surface area contributed by atoms with Crippen molar-refractivity contribution in [2.45, 2.75) is 44.6 Å². The molecule has 0 aliphatic carbocycles. The van der Waals surface area contributed by atoms with Crippen LogP contribution in [0.1, 0.15) is 31.2 Å². The van der Waals surface area contributed by atoms with E-state index in [9.17, 15) is 26.7 Å². The second kappa shape index (κ2) is 8.23. The number of rotatable bonds is 4. The second-order valence-electron chi connectivity index (χ2n) is 8.45. The highest BCUT2D eigenvalue weighted by atomic mass is 19.4. The smallest absolute Gasteiger partial charge is 0.417 e. The SMILES string of the molecule is COc1c([C@H]2[C@H](C(=O)Nc3ccn4c(C)ncc4c3)O[C@@](C)(C(F)(F)F)[C@H]2C)ccc(F)c1F. The van der Waals surface area contributed by atoms with Crippen molar-refractivity contribution in [2.75, 3.05) is 12.4 Å². The fraction of sp³-hybridized carbons (Fsp3) is 0.391. The number of amides is 1. The molecule has 1 aromatic carbocycles. The Kier molecular flexibility index (Phi) is 5.79. The summed E-state index contributed by atoms with van der Waals surface area (Å²) in [6.45, 7) is 3.88. The van der Waals surface area contributed by atoms with Gasteiger partial charge in [-0.1, -0.05) is 13.0 Å². The fourth-order valence-electron chi connectivity index (χ4n) is 4.47. The van der Waals surface area contributed by atoms with E-state index in [1.54, 1.807) is 35.9 Å². The van der Waals surface area contributed by atoms with Crippen LogP contribution in [0.4, 0.5) is 27.6 Å². The van der Waals surface area contributed by atoms with E-state index >= 15 is 0 Å². The number of anilines is 1. The van der Waals surface area contributed by atoms with Gasteiger partial charge in [-0.2, -0.15) is 17.6 Å². The number of nitrogens with one attached hydrogen (secondary N) is 1. The molecule has 3 aromatic rings. The second-order valence-corrected chi connectivity index (χ2v) is 8.45. The van der Waals surface area contributed by atoms with Crippen molar-refractivity contribution in [2.24, 2.45) is 5.92 Å². The molecule has 1 amide bonds. The van der Waals surface area contributed by atoms with Gasteiger partial charge in [-0.15, -0.1) is 0 Å². The van der Waals surface area contributed by atoms with E-state index in [4.69, 9.17) is 9.47 Å². The van der Waals surface area contributed by atoms with Crippen LogP contribution in [0.15, 0.2) is 36.7 Å². The van der Waals surface area contributed by atoms with E-state index in [0.29, 0.717) is 17.0 Å². The van der Waals surface area contributed by atoms with Gasteiger partial charge in [-0.25, -0.2) is 9.37 Å². The number of alkyl halides is 3. The van der Waals surface area contributed by atoms with Gasteiger partial charge in [-0.05, 0) is 32.0 Å². The standard InChI is InChI=1S/C23H22F5N3O3/c1-11-17(15-5-6-16(24)18(25)19(15)33-4)20(34-22(11,3)23(26,27)28)21(32)30-13-7-8-31-12(2)29-10-14(31)9-13/h5-11,17,20H,1-4H3,(H,30,32)/t11-,17-,20+,22+/m0/s1. The molecule has 0 unspecified atom stereocenters. The number of carbonyl (C=O) groups excluding carboxylic acids is 1. The number of aryl methyl sites for hydroxylation is 1. The first-order valence-electron chi connectivity index (χ1n) is 10.4. The number of imidazole rings is 1. The average molecular weight is 483 g/mol. The normalized spacial score (nSPS) is 25.0. The van der Waals surface area contributed by atoms with E-state index in [1.807, 2.05) is 0 Å². The van der Waals surface area contributed by atoms with Crippen LogP contribution < -0.4 is 10.1 Å². The summed E-state index contributed by atoms with van der Waals surface area (Å²) in [5, 5.41) is 2.58. The number of hydrogen-bond acceptors (Lipinski definition) is 4. The molecule has 4 atom stereocenters. The van der Waals surface area contributed by atoms with E-state index in [0.717, 1.165) is 26.2 Å². The number of methoxy groups -OCH3 is 1. The van der Waals surface area contributed by atoms with Gasteiger partial charge in [0.25, 0.3) is 5.91 Å². The Hall–Kier alpha value is -3.21. The van der Waals surface area contributed by atoms with Crippen molar-refractivity contribution in [3.63, 3.8) is 0 Å². The summed E-state index contributed by atoms with van der Waals surface area (Å²) in [6, 6.07) is 5.07. The zero-order valence-electron chi connectivity index (χ0n) is 18.7. The average Bonchev–Trinajstić information content (AvgIpc) is 3.27. The molecule has 34 heavy (non-hydrogen) atoms. The largest absolute Gasteiger partial charge is 0.493 e. The lowest BCUT2D eigenvalue weighted by atomic mass is 9.77. The van der Waals surface area contributed by atoms with Crippen molar-refractivity contribution in [3.8, 4) is 5.75 Å². The molecule has 0 radical (unpaired) electrons. The summed E-state index contributed by atoms with van der Waals surface area (Å²) in [5.41, 5.74) is -1.84. The molecule has 1 aliphatic rings. The third kappa shape index (κ3) is 3.67. The molecule has 1 saturated heterocycles. The maximum absolute atomic E-state index is 14.4. The lowest BCUT2D eigenvalue weighted by molar-refractivity contribution is -0.272. The Morgan fingerprint density at radius 1 is 1.26 bits per heavy atom. The maximum atomic E-state index is 14.4.